The van der Waals surface area contributed by atoms with E-state index in [1.807, 2.05) is 0 Å². The molecule has 1 rings (SSSR count). The molecule has 1 unspecified atom stereocenters. The number of hydrogen-bond donors (Lipinski definition) is 1. The zero-order chi connectivity index (χ0) is 8.97. The number of amidine groups is 1. The van der Waals surface area contributed by atoms with Gasteiger partial charge >= 0.3 is 5.97 Å². The van der Waals surface area contributed by atoms with Crippen LogP contribution < -0.4 is 0 Å². The van der Waals surface area contributed by atoms with E-state index in [0.717, 1.165) is 6.08 Å². The molecule has 1 N–H and O–H groups in total. The standard InChI is InChI=1S/C8H10N2O2/c1-6-9-5-4-7(10-6)2-3-8(11)12/h2-3,5,7H,4H2,1H3,(H,11,12)/b3-2+. The molecule has 1 aliphatic rings. The van der Waals surface area contributed by atoms with Crippen molar-refractivity contribution in [3.05, 3.63) is 12.2 Å². The highest BCUT2D eigenvalue weighted by atomic mass is 16.4. The molecule has 4 nitrogen and oxygen atoms in total. The Morgan fingerprint density at radius 2 is 2.58 bits per heavy atom. The van der Waals surface area contributed by atoms with Crippen molar-refractivity contribution < 1.29 is 9.90 Å². The number of rotatable bonds is 2. The van der Waals surface area contributed by atoms with Crippen LogP contribution in [0.3, 0.4) is 0 Å². The molecule has 1 heterocycles. The van der Waals surface area contributed by atoms with Gasteiger partial charge in [-0.15, -0.1) is 0 Å². The zero-order valence-corrected chi connectivity index (χ0v) is 6.77. The van der Waals surface area contributed by atoms with Gasteiger partial charge in [0.05, 0.1) is 6.04 Å². The lowest BCUT2D eigenvalue weighted by atomic mass is 10.2. The molecule has 12 heavy (non-hydrogen) atoms. The van der Waals surface area contributed by atoms with E-state index < -0.39 is 5.97 Å². The Labute approximate surface area is 70.3 Å². The lowest BCUT2D eigenvalue weighted by molar-refractivity contribution is -0.131. The van der Waals surface area contributed by atoms with Gasteiger partial charge in [-0.2, -0.15) is 0 Å². The summed E-state index contributed by atoms with van der Waals surface area (Å²) in [6.07, 6.45) is 5.11. The van der Waals surface area contributed by atoms with Crippen molar-refractivity contribution in [3.63, 3.8) is 0 Å². The number of nitrogens with zero attached hydrogens (tertiary/aromatic N) is 2. The van der Waals surface area contributed by atoms with E-state index in [-0.39, 0.29) is 6.04 Å². The molecule has 0 fully saturated rings. The molecule has 0 saturated carbocycles. The van der Waals surface area contributed by atoms with Gasteiger partial charge in [0.2, 0.25) is 0 Å². The minimum atomic E-state index is -0.939. The molecule has 0 saturated heterocycles. The van der Waals surface area contributed by atoms with E-state index in [2.05, 4.69) is 9.98 Å². The lowest BCUT2D eigenvalue weighted by Crippen LogP contribution is -2.10. The molecule has 0 aliphatic carbocycles. The first-order valence-electron chi connectivity index (χ1n) is 3.66. The molecule has 0 aromatic carbocycles. The van der Waals surface area contributed by atoms with Gasteiger partial charge in [-0.1, -0.05) is 6.08 Å². The van der Waals surface area contributed by atoms with Crippen molar-refractivity contribution in [3.8, 4) is 0 Å². The van der Waals surface area contributed by atoms with Crippen LogP contribution in [0, 0.1) is 0 Å². The highest BCUT2D eigenvalue weighted by molar-refractivity contribution is 5.90. The molecule has 0 aromatic rings. The smallest absolute Gasteiger partial charge is 0.328 e. The summed E-state index contributed by atoms with van der Waals surface area (Å²) in [6.45, 7) is 1.79. The number of aliphatic carboxylic acids is 1. The van der Waals surface area contributed by atoms with Gasteiger partial charge in [0.15, 0.2) is 0 Å². The first-order valence-corrected chi connectivity index (χ1v) is 3.66. The summed E-state index contributed by atoms with van der Waals surface area (Å²) in [6, 6.07) is -0.0569. The predicted molar refractivity (Wildman–Crippen MR) is 46.8 cm³/mol. The third-order valence-electron chi connectivity index (χ3n) is 1.44. The molecular formula is C8H10N2O2. The molecule has 0 radical (unpaired) electrons. The fourth-order valence-electron chi connectivity index (χ4n) is 0.934. The van der Waals surface area contributed by atoms with Crippen LogP contribution in [0.25, 0.3) is 0 Å². The minimum Gasteiger partial charge on any atom is -0.478 e. The molecule has 1 atom stereocenters. The average Bonchev–Trinajstić information content (AvgIpc) is 2.01. The fraction of sp³-hybridized carbons (Fsp3) is 0.375. The van der Waals surface area contributed by atoms with Gasteiger partial charge in [0.25, 0.3) is 0 Å². The number of aliphatic imine (C=N–C) groups is 2. The van der Waals surface area contributed by atoms with Crippen molar-refractivity contribution in [2.24, 2.45) is 9.98 Å². The van der Waals surface area contributed by atoms with Gasteiger partial charge in [-0.3, -0.25) is 4.99 Å². The van der Waals surface area contributed by atoms with Crippen molar-refractivity contribution in [2.45, 2.75) is 19.4 Å². The SMILES string of the molecule is CC1=NC(/C=C/C(=O)O)CC=N1. The van der Waals surface area contributed by atoms with Gasteiger partial charge in [-0.25, -0.2) is 9.79 Å². The van der Waals surface area contributed by atoms with Crippen molar-refractivity contribution in [1.29, 1.82) is 0 Å². The van der Waals surface area contributed by atoms with Crippen molar-refractivity contribution >= 4 is 18.0 Å². The van der Waals surface area contributed by atoms with E-state index in [9.17, 15) is 4.79 Å². The minimum absolute atomic E-state index is 0.0569. The highest BCUT2D eigenvalue weighted by Gasteiger charge is 2.05. The summed E-state index contributed by atoms with van der Waals surface area (Å²) in [5, 5.41) is 8.34. The second-order valence-corrected chi connectivity index (χ2v) is 2.49. The van der Waals surface area contributed by atoms with Crippen LogP contribution in [0.1, 0.15) is 13.3 Å². The Morgan fingerprint density at radius 3 is 3.17 bits per heavy atom. The Morgan fingerprint density at radius 1 is 1.83 bits per heavy atom. The van der Waals surface area contributed by atoms with Crippen LogP contribution >= 0.6 is 0 Å². The normalized spacial score (nSPS) is 22.8. The largest absolute Gasteiger partial charge is 0.478 e. The van der Waals surface area contributed by atoms with Crippen molar-refractivity contribution in [1.82, 2.24) is 0 Å². The second-order valence-electron chi connectivity index (χ2n) is 2.49. The van der Waals surface area contributed by atoms with Gasteiger partial charge in [0, 0.05) is 18.7 Å². The van der Waals surface area contributed by atoms with Crippen LogP contribution in [0.5, 0.6) is 0 Å². The molecular weight excluding hydrogens is 156 g/mol. The first kappa shape index (κ1) is 8.64. The predicted octanol–water partition coefficient (Wildman–Crippen LogP) is 0.889. The van der Waals surface area contributed by atoms with E-state index in [1.165, 1.54) is 0 Å². The van der Waals surface area contributed by atoms with Crippen LogP contribution in [-0.4, -0.2) is 29.2 Å². The second kappa shape index (κ2) is 3.80. The molecule has 1 aliphatic heterocycles. The van der Waals surface area contributed by atoms with E-state index in [4.69, 9.17) is 5.11 Å². The molecule has 0 aromatic heterocycles. The Kier molecular flexibility index (Phi) is 2.74. The number of carbonyl (C=O) groups is 1. The van der Waals surface area contributed by atoms with Crippen LogP contribution in [-0.2, 0) is 4.79 Å². The summed E-state index contributed by atoms with van der Waals surface area (Å²) in [4.78, 5) is 18.2. The molecule has 0 amide bonds. The third-order valence-corrected chi connectivity index (χ3v) is 1.44. The quantitative estimate of drug-likeness (QED) is 0.619. The summed E-state index contributed by atoms with van der Waals surface area (Å²) in [5.41, 5.74) is 0. The summed E-state index contributed by atoms with van der Waals surface area (Å²) in [5.74, 6) is -0.244. The van der Waals surface area contributed by atoms with Gasteiger partial charge in [0.1, 0.15) is 5.84 Å². The van der Waals surface area contributed by atoms with Crippen molar-refractivity contribution in [2.75, 3.05) is 0 Å². The maximum absolute atomic E-state index is 10.2. The molecule has 0 spiro atoms. The first-order chi connectivity index (χ1) is 5.68. The fourth-order valence-corrected chi connectivity index (χ4v) is 0.934. The maximum atomic E-state index is 10.2. The van der Waals surface area contributed by atoms with Gasteiger partial charge in [-0.05, 0) is 6.92 Å². The molecule has 4 heteroatoms. The molecule has 0 bridgehead atoms. The van der Waals surface area contributed by atoms with Gasteiger partial charge < -0.3 is 5.11 Å². The number of hydrogen-bond acceptors (Lipinski definition) is 3. The Hall–Kier alpha value is -1.45. The van der Waals surface area contributed by atoms with Crippen LogP contribution in [0.2, 0.25) is 0 Å². The number of carboxylic acid groups (broad SMARTS) is 1. The van der Waals surface area contributed by atoms with E-state index in [1.54, 1.807) is 19.2 Å². The van der Waals surface area contributed by atoms with Crippen LogP contribution in [0.15, 0.2) is 22.1 Å². The summed E-state index contributed by atoms with van der Waals surface area (Å²) < 4.78 is 0. The number of carboxylic acids is 1. The monoisotopic (exact) mass is 166 g/mol. The van der Waals surface area contributed by atoms with Crippen LogP contribution in [0.4, 0.5) is 0 Å². The topological polar surface area (TPSA) is 62.0 Å². The Bertz CT molecular complexity index is 266. The average molecular weight is 166 g/mol. The third kappa shape index (κ3) is 2.65. The van der Waals surface area contributed by atoms with E-state index in [0.29, 0.717) is 12.3 Å². The lowest BCUT2D eigenvalue weighted by Gasteiger charge is -2.08. The molecule has 64 valence electrons. The zero-order valence-electron chi connectivity index (χ0n) is 6.77. The summed E-state index contributed by atoms with van der Waals surface area (Å²) in [7, 11) is 0. The maximum Gasteiger partial charge on any atom is 0.328 e. The highest BCUT2D eigenvalue weighted by Crippen LogP contribution is 2.04. The van der Waals surface area contributed by atoms with E-state index >= 15 is 0 Å². The Balaban J connectivity index is 2.56. The summed E-state index contributed by atoms with van der Waals surface area (Å²) >= 11 is 0.